The first-order valence-electron chi connectivity index (χ1n) is 6.35. The van der Waals surface area contributed by atoms with Crippen LogP contribution in [0.2, 0.25) is 0 Å². The quantitative estimate of drug-likeness (QED) is 0.816. The largest absolute Gasteiger partial charge is 0.466 e. The van der Waals surface area contributed by atoms with E-state index in [1.165, 1.54) is 12.1 Å². The molecule has 20 heavy (non-hydrogen) atoms. The van der Waals surface area contributed by atoms with Crippen LogP contribution >= 0.6 is 0 Å². The van der Waals surface area contributed by atoms with Crippen molar-refractivity contribution in [2.45, 2.75) is 38.5 Å². The van der Waals surface area contributed by atoms with Crippen molar-refractivity contribution >= 4 is 5.97 Å². The first-order chi connectivity index (χ1) is 9.34. The van der Waals surface area contributed by atoms with Crippen LogP contribution in [-0.2, 0) is 15.7 Å². The molecule has 1 aromatic carbocycles. The number of alkyl halides is 3. The molecule has 0 aliphatic heterocycles. The highest BCUT2D eigenvalue weighted by atomic mass is 19.4. The topological polar surface area (TPSA) is 46.5 Å². The zero-order valence-electron chi connectivity index (χ0n) is 11.1. The van der Waals surface area contributed by atoms with Gasteiger partial charge in [0, 0.05) is 6.42 Å². The molecule has 0 aliphatic rings. The van der Waals surface area contributed by atoms with E-state index >= 15 is 0 Å². The van der Waals surface area contributed by atoms with Gasteiger partial charge in [-0.2, -0.15) is 13.2 Å². The third kappa shape index (κ3) is 5.21. The van der Waals surface area contributed by atoms with Crippen molar-refractivity contribution in [3.05, 3.63) is 35.4 Å². The summed E-state index contributed by atoms with van der Waals surface area (Å²) in [5.41, 5.74) is -0.675. The van der Waals surface area contributed by atoms with Gasteiger partial charge in [-0.05, 0) is 30.5 Å². The Balaban J connectivity index is 2.59. The Bertz CT molecular complexity index is 444. The van der Waals surface area contributed by atoms with Crippen LogP contribution in [0.25, 0.3) is 0 Å². The van der Waals surface area contributed by atoms with Crippen LogP contribution < -0.4 is 0 Å². The SMILES string of the molecule is CCCOC(=O)CCC(O)c1cccc(C(F)(F)F)c1. The molecule has 0 aromatic heterocycles. The van der Waals surface area contributed by atoms with Crippen LogP contribution in [0.15, 0.2) is 24.3 Å². The molecule has 1 N–H and O–H groups in total. The Morgan fingerprint density at radius 1 is 1.40 bits per heavy atom. The van der Waals surface area contributed by atoms with Gasteiger partial charge >= 0.3 is 12.1 Å². The first kappa shape index (κ1) is 16.5. The van der Waals surface area contributed by atoms with Crippen LogP contribution in [0.4, 0.5) is 13.2 Å². The number of aliphatic hydroxyl groups excluding tert-OH is 1. The summed E-state index contributed by atoms with van der Waals surface area (Å²) in [7, 11) is 0. The van der Waals surface area contributed by atoms with Crippen LogP contribution in [0.1, 0.15) is 43.4 Å². The lowest BCUT2D eigenvalue weighted by atomic mass is 10.0. The maximum Gasteiger partial charge on any atom is 0.416 e. The van der Waals surface area contributed by atoms with Gasteiger partial charge in [-0.25, -0.2) is 0 Å². The fourth-order valence-corrected chi connectivity index (χ4v) is 1.63. The standard InChI is InChI=1S/C14H17F3O3/c1-2-8-20-13(19)7-6-12(18)10-4-3-5-11(9-10)14(15,16)17/h3-5,9,12,18H,2,6-8H2,1H3. The minimum Gasteiger partial charge on any atom is -0.466 e. The van der Waals surface area contributed by atoms with E-state index in [1.54, 1.807) is 0 Å². The van der Waals surface area contributed by atoms with Crippen molar-refractivity contribution in [3.8, 4) is 0 Å². The van der Waals surface area contributed by atoms with E-state index in [0.29, 0.717) is 13.0 Å². The van der Waals surface area contributed by atoms with Gasteiger partial charge in [-0.3, -0.25) is 4.79 Å². The maximum absolute atomic E-state index is 12.5. The van der Waals surface area contributed by atoms with Crippen LogP contribution in [0.3, 0.4) is 0 Å². The Labute approximate surface area is 115 Å². The summed E-state index contributed by atoms with van der Waals surface area (Å²) in [5.74, 6) is -0.460. The fraction of sp³-hybridized carbons (Fsp3) is 0.500. The molecule has 0 saturated carbocycles. The third-order valence-electron chi connectivity index (χ3n) is 2.69. The summed E-state index contributed by atoms with van der Waals surface area (Å²) in [4.78, 5) is 11.3. The Kier molecular flexibility index (Phi) is 6.01. The molecule has 112 valence electrons. The average Bonchev–Trinajstić information content (AvgIpc) is 2.41. The van der Waals surface area contributed by atoms with Gasteiger partial charge < -0.3 is 9.84 Å². The minimum absolute atomic E-state index is 0.0303. The zero-order valence-corrected chi connectivity index (χ0v) is 11.1. The summed E-state index contributed by atoms with van der Waals surface area (Å²) in [6, 6.07) is 4.46. The number of carbonyl (C=O) groups excluding carboxylic acids is 1. The molecule has 0 saturated heterocycles. The highest BCUT2D eigenvalue weighted by Gasteiger charge is 2.30. The fourth-order valence-electron chi connectivity index (χ4n) is 1.63. The number of aliphatic hydroxyl groups is 1. The van der Waals surface area contributed by atoms with E-state index in [9.17, 15) is 23.1 Å². The van der Waals surface area contributed by atoms with Gasteiger partial charge in [0.15, 0.2) is 0 Å². The molecular formula is C14H17F3O3. The first-order valence-corrected chi connectivity index (χ1v) is 6.35. The summed E-state index contributed by atoms with van der Waals surface area (Å²) < 4.78 is 42.4. The van der Waals surface area contributed by atoms with E-state index in [2.05, 4.69) is 0 Å². The Morgan fingerprint density at radius 3 is 2.70 bits per heavy atom. The second-order valence-electron chi connectivity index (χ2n) is 4.40. The number of esters is 1. The van der Waals surface area contributed by atoms with E-state index in [0.717, 1.165) is 12.1 Å². The van der Waals surface area contributed by atoms with Gasteiger partial charge in [0.25, 0.3) is 0 Å². The lowest BCUT2D eigenvalue weighted by Gasteiger charge is -2.13. The molecule has 0 aliphatic carbocycles. The molecule has 1 unspecified atom stereocenters. The highest BCUT2D eigenvalue weighted by Crippen LogP contribution is 2.31. The molecule has 3 nitrogen and oxygen atoms in total. The molecule has 0 bridgehead atoms. The maximum atomic E-state index is 12.5. The normalized spacial score (nSPS) is 13.1. The predicted octanol–water partition coefficient (Wildman–Crippen LogP) is 3.47. The van der Waals surface area contributed by atoms with Gasteiger partial charge in [0.2, 0.25) is 0 Å². The molecule has 0 radical (unpaired) electrons. The number of halogens is 3. The smallest absolute Gasteiger partial charge is 0.416 e. The van der Waals surface area contributed by atoms with Crippen molar-refractivity contribution in [3.63, 3.8) is 0 Å². The van der Waals surface area contributed by atoms with Crippen LogP contribution in [0, 0.1) is 0 Å². The van der Waals surface area contributed by atoms with Crippen LogP contribution in [0.5, 0.6) is 0 Å². The van der Waals surface area contributed by atoms with E-state index in [1.807, 2.05) is 6.92 Å². The molecule has 1 aromatic rings. The molecule has 0 amide bonds. The molecule has 0 fully saturated rings. The summed E-state index contributed by atoms with van der Waals surface area (Å²) in [6.07, 6.45) is -4.87. The van der Waals surface area contributed by atoms with E-state index in [-0.39, 0.29) is 18.4 Å². The molecule has 1 rings (SSSR count). The highest BCUT2D eigenvalue weighted by molar-refractivity contribution is 5.69. The number of hydrogen-bond donors (Lipinski definition) is 1. The van der Waals surface area contributed by atoms with Gasteiger partial charge in [0.1, 0.15) is 0 Å². The number of hydrogen-bond acceptors (Lipinski definition) is 3. The predicted molar refractivity (Wildman–Crippen MR) is 66.9 cm³/mol. The molecule has 6 heteroatoms. The van der Waals surface area contributed by atoms with Crippen molar-refractivity contribution in [2.24, 2.45) is 0 Å². The van der Waals surface area contributed by atoms with E-state index < -0.39 is 23.8 Å². The number of rotatable bonds is 6. The lowest BCUT2D eigenvalue weighted by molar-refractivity contribution is -0.144. The van der Waals surface area contributed by atoms with Crippen molar-refractivity contribution < 1.29 is 27.8 Å². The second kappa shape index (κ2) is 7.28. The zero-order chi connectivity index (χ0) is 15.2. The van der Waals surface area contributed by atoms with Crippen molar-refractivity contribution in [2.75, 3.05) is 6.61 Å². The van der Waals surface area contributed by atoms with E-state index in [4.69, 9.17) is 4.74 Å². The minimum atomic E-state index is -4.45. The molecule has 0 heterocycles. The summed E-state index contributed by atoms with van der Waals surface area (Å²) in [6.45, 7) is 2.16. The third-order valence-corrected chi connectivity index (χ3v) is 2.69. The molecular weight excluding hydrogens is 273 g/mol. The number of carbonyl (C=O) groups is 1. The van der Waals surface area contributed by atoms with Gasteiger partial charge in [-0.15, -0.1) is 0 Å². The van der Waals surface area contributed by atoms with Crippen molar-refractivity contribution in [1.29, 1.82) is 0 Å². The van der Waals surface area contributed by atoms with Crippen LogP contribution in [-0.4, -0.2) is 17.7 Å². The molecule has 0 spiro atoms. The number of benzene rings is 1. The summed E-state index contributed by atoms with van der Waals surface area (Å²) >= 11 is 0. The number of ether oxygens (including phenoxy) is 1. The second-order valence-corrected chi connectivity index (χ2v) is 4.40. The average molecular weight is 290 g/mol. The van der Waals surface area contributed by atoms with Crippen molar-refractivity contribution in [1.82, 2.24) is 0 Å². The van der Waals surface area contributed by atoms with Gasteiger partial charge in [-0.1, -0.05) is 19.1 Å². The molecule has 1 atom stereocenters. The summed E-state index contributed by atoms with van der Waals surface area (Å²) in [5, 5.41) is 9.81. The Morgan fingerprint density at radius 2 is 2.10 bits per heavy atom. The lowest BCUT2D eigenvalue weighted by Crippen LogP contribution is -2.09. The Hall–Kier alpha value is -1.56. The monoisotopic (exact) mass is 290 g/mol. The van der Waals surface area contributed by atoms with Gasteiger partial charge in [0.05, 0.1) is 18.3 Å².